The first-order chi connectivity index (χ1) is 8.26. The molecule has 1 aromatic rings. The van der Waals surface area contributed by atoms with Crippen LogP contribution in [0.1, 0.15) is 31.9 Å². The Labute approximate surface area is 104 Å². The van der Waals surface area contributed by atoms with E-state index in [1.54, 1.807) is 0 Å². The maximum atomic E-state index is 12.9. The Morgan fingerprint density at radius 2 is 1.88 bits per heavy atom. The summed E-state index contributed by atoms with van der Waals surface area (Å²) in [6.45, 7) is 6.18. The second-order valence-corrected chi connectivity index (χ2v) is 5.12. The smallest absolute Gasteiger partial charge is 0.0937 e. The molecular formula is C15H22FN. The van der Waals surface area contributed by atoms with Gasteiger partial charge in [0.15, 0.2) is 0 Å². The number of hydrogen-bond acceptors (Lipinski definition) is 1. The van der Waals surface area contributed by atoms with Crippen molar-refractivity contribution < 1.29 is 4.39 Å². The molecule has 2 rings (SSSR count). The molecule has 0 bridgehead atoms. The molecule has 1 nitrogen and oxygen atoms in total. The van der Waals surface area contributed by atoms with Crippen LogP contribution >= 0.6 is 0 Å². The molecule has 0 spiro atoms. The molecule has 1 saturated heterocycles. The van der Waals surface area contributed by atoms with E-state index in [-0.39, 0.29) is 12.6 Å². The van der Waals surface area contributed by atoms with Gasteiger partial charge in [0.1, 0.15) is 0 Å². The summed E-state index contributed by atoms with van der Waals surface area (Å²) in [5.74, 6) is 0.775. The number of hydrogen-bond donors (Lipinski definition) is 0. The molecule has 3 atom stereocenters. The number of nitrogens with zero attached hydrogens (tertiary/aromatic N) is 1. The van der Waals surface area contributed by atoms with E-state index in [0.717, 1.165) is 19.5 Å². The molecule has 1 aliphatic heterocycles. The summed E-state index contributed by atoms with van der Waals surface area (Å²) in [6.07, 6.45) is 1.09. The molecule has 0 N–H and O–H groups in total. The highest BCUT2D eigenvalue weighted by Gasteiger charge is 2.33. The number of alkyl halides is 1. The lowest BCUT2D eigenvalue weighted by molar-refractivity contribution is 0.243. The van der Waals surface area contributed by atoms with Crippen molar-refractivity contribution in [1.29, 1.82) is 0 Å². The fourth-order valence-electron chi connectivity index (χ4n) is 2.87. The van der Waals surface area contributed by atoms with Crippen molar-refractivity contribution in [3.8, 4) is 0 Å². The molecule has 94 valence electrons. The van der Waals surface area contributed by atoms with E-state index in [9.17, 15) is 4.39 Å². The number of likely N-dealkylation sites (tertiary alicyclic amines) is 1. The zero-order chi connectivity index (χ0) is 12.3. The lowest BCUT2D eigenvalue weighted by atomic mass is 9.95. The van der Waals surface area contributed by atoms with E-state index in [0.29, 0.717) is 12.0 Å². The minimum atomic E-state index is -0.170. The maximum absolute atomic E-state index is 12.9. The molecule has 1 heterocycles. The van der Waals surface area contributed by atoms with Gasteiger partial charge in [-0.15, -0.1) is 0 Å². The summed E-state index contributed by atoms with van der Waals surface area (Å²) in [6, 6.07) is 10.9. The molecule has 1 aromatic carbocycles. The number of benzene rings is 1. The Hall–Kier alpha value is -0.890. The standard InChI is InChI=1S/C15H22FN/c1-3-13-10-17(11-15(13)9-16)12(2)14-7-5-4-6-8-14/h4-8,12-13,15H,3,9-11H2,1-2H3/t12-,13-,15-/m0/s1. The average Bonchev–Trinajstić information content (AvgIpc) is 2.82. The molecule has 0 aromatic heterocycles. The second kappa shape index (κ2) is 5.63. The Morgan fingerprint density at radius 3 is 2.41 bits per heavy atom. The van der Waals surface area contributed by atoms with Crippen LogP contribution in [0, 0.1) is 11.8 Å². The molecule has 17 heavy (non-hydrogen) atoms. The highest BCUT2D eigenvalue weighted by atomic mass is 19.1. The van der Waals surface area contributed by atoms with Crippen LogP contribution in [0.2, 0.25) is 0 Å². The lowest BCUT2D eigenvalue weighted by Gasteiger charge is -2.24. The van der Waals surface area contributed by atoms with Gasteiger partial charge < -0.3 is 0 Å². The van der Waals surface area contributed by atoms with Crippen molar-refractivity contribution in [2.75, 3.05) is 19.8 Å². The molecule has 0 radical (unpaired) electrons. The van der Waals surface area contributed by atoms with Gasteiger partial charge in [-0.05, 0) is 18.4 Å². The fourth-order valence-corrected chi connectivity index (χ4v) is 2.87. The van der Waals surface area contributed by atoms with Gasteiger partial charge in [-0.25, -0.2) is 0 Å². The van der Waals surface area contributed by atoms with Gasteiger partial charge in [0.2, 0.25) is 0 Å². The van der Waals surface area contributed by atoms with Crippen LogP contribution in [0.25, 0.3) is 0 Å². The summed E-state index contributed by atoms with van der Waals surface area (Å²) < 4.78 is 12.9. The van der Waals surface area contributed by atoms with Crippen LogP contribution in [0.3, 0.4) is 0 Å². The van der Waals surface area contributed by atoms with Crippen LogP contribution in [-0.2, 0) is 0 Å². The first kappa shape index (κ1) is 12.6. The van der Waals surface area contributed by atoms with Crippen molar-refractivity contribution in [2.45, 2.75) is 26.3 Å². The van der Waals surface area contributed by atoms with Gasteiger partial charge >= 0.3 is 0 Å². The molecule has 0 saturated carbocycles. The van der Waals surface area contributed by atoms with Gasteiger partial charge in [0.25, 0.3) is 0 Å². The third-order valence-corrected chi connectivity index (χ3v) is 4.16. The van der Waals surface area contributed by atoms with Gasteiger partial charge in [-0.3, -0.25) is 9.29 Å². The van der Waals surface area contributed by atoms with E-state index in [2.05, 4.69) is 43.0 Å². The fraction of sp³-hybridized carbons (Fsp3) is 0.600. The monoisotopic (exact) mass is 235 g/mol. The normalized spacial score (nSPS) is 27.2. The largest absolute Gasteiger partial charge is 0.296 e. The van der Waals surface area contributed by atoms with Crippen LogP contribution in [0.15, 0.2) is 30.3 Å². The Balaban J connectivity index is 2.05. The van der Waals surface area contributed by atoms with E-state index in [1.807, 2.05) is 6.07 Å². The Bertz CT molecular complexity index is 326. The molecule has 0 aliphatic carbocycles. The number of halogens is 1. The van der Waals surface area contributed by atoms with Gasteiger partial charge in [0.05, 0.1) is 6.67 Å². The van der Waals surface area contributed by atoms with Crippen molar-refractivity contribution in [3.63, 3.8) is 0 Å². The zero-order valence-electron chi connectivity index (χ0n) is 10.8. The summed E-state index contributed by atoms with van der Waals surface area (Å²) in [4.78, 5) is 2.42. The molecule has 0 amide bonds. The highest BCUT2D eigenvalue weighted by Crippen LogP contribution is 2.32. The summed E-state index contributed by atoms with van der Waals surface area (Å²) in [7, 11) is 0. The van der Waals surface area contributed by atoms with Crippen LogP contribution < -0.4 is 0 Å². The molecular weight excluding hydrogens is 213 g/mol. The van der Waals surface area contributed by atoms with Crippen molar-refractivity contribution in [3.05, 3.63) is 35.9 Å². The SMILES string of the molecule is CC[C@H]1CN([C@@H](C)c2ccccc2)C[C@@H]1CF. The first-order valence-corrected chi connectivity index (χ1v) is 6.61. The summed E-state index contributed by atoms with van der Waals surface area (Å²) >= 11 is 0. The van der Waals surface area contributed by atoms with E-state index < -0.39 is 0 Å². The quantitative estimate of drug-likeness (QED) is 0.769. The van der Waals surface area contributed by atoms with E-state index >= 15 is 0 Å². The highest BCUT2D eigenvalue weighted by molar-refractivity contribution is 5.18. The summed E-state index contributed by atoms with van der Waals surface area (Å²) in [5.41, 5.74) is 1.34. The maximum Gasteiger partial charge on any atom is 0.0937 e. The average molecular weight is 235 g/mol. The summed E-state index contributed by atoms with van der Waals surface area (Å²) in [5, 5.41) is 0. The second-order valence-electron chi connectivity index (χ2n) is 5.12. The Kier molecular flexibility index (Phi) is 4.16. The zero-order valence-corrected chi connectivity index (χ0v) is 10.8. The van der Waals surface area contributed by atoms with Gasteiger partial charge in [-0.2, -0.15) is 0 Å². The third-order valence-electron chi connectivity index (χ3n) is 4.16. The van der Waals surface area contributed by atoms with Crippen molar-refractivity contribution >= 4 is 0 Å². The molecule has 2 heteroatoms. The predicted octanol–water partition coefficient (Wildman–Crippen LogP) is 3.68. The van der Waals surface area contributed by atoms with Gasteiger partial charge in [-0.1, -0.05) is 43.7 Å². The van der Waals surface area contributed by atoms with E-state index in [4.69, 9.17) is 0 Å². The minimum absolute atomic E-state index is 0.170. The molecule has 1 fully saturated rings. The number of rotatable bonds is 4. The first-order valence-electron chi connectivity index (χ1n) is 6.61. The van der Waals surface area contributed by atoms with Crippen molar-refractivity contribution in [1.82, 2.24) is 4.90 Å². The van der Waals surface area contributed by atoms with Crippen LogP contribution in [-0.4, -0.2) is 24.7 Å². The lowest BCUT2D eigenvalue weighted by Crippen LogP contribution is -2.25. The third kappa shape index (κ3) is 2.68. The predicted molar refractivity (Wildman–Crippen MR) is 69.7 cm³/mol. The van der Waals surface area contributed by atoms with Crippen LogP contribution in [0.4, 0.5) is 4.39 Å². The molecule has 1 aliphatic rings. The van der Waals surface area contributed by atoms with Crippen molar-refractivity contribution in [2.24, 2.45) is 11.8 Å². The Morgan fingerprint density at radius 1 is 1.24 bits per heavy atom. The molecule has 0 unspecified atom stereocenters. The van der Waals surface area contributed by atoms with E-state index in [1.165, 1.54) is 5.56 Å². The van der Waals surface area contributed by atoms with Gasteiger partial charge in [0, 0.05) is 25.0 Å². The van der Waals surface area contributed by atoms with Crippen LogP contribution in [0.5, 0.6) is 0 Å². The topological polar surface area (TPSA) is 3.24 Å². The minimum Gasteiger partial charge on any atom is -0.296 e.